The lowest BCUT2D eigenvalue weighted by Gasteiger charge is -2.21. The molecule has 2 atom stereocenters. The Morgan fingerprint density at radius 3 is 2.49 bits per heavy atom. The summed E-state index contributed by atoms with van der Waals surface area (Å²) in [7, 11) is 0. The van der Waals surface area contributed by atoms with Crippen molar-refractivity contribution in [1.82, 2.24) is 35.4 Å². The number of aromatic nitrogens is 5. The van der Waals surface area contributed by atoms with Gasteiger partial charge in [-0.05, 0) is 45.7 Å². The van der Waals surface area contributed by atoms with Gasteiger partial charge < -0.3 is 15.3 Å². The number of pyridine rings is 1. The molecule has 0 spiro atoms. The van der Waals surface area contributed by atoms with Gasteiger partial charge in [0.25, 0.3) is 5.91 Å². The monoisotopic (exact) mass is 525 g/mol. The summed E-state index contributed by atoms with van der Waals surface area (Å²) in [6.45, 7) is 2.56. The van der Waals surface area contributed by atoms with E-state index in [0.717, 1.165) is 22.3 Å². The van der Waals surface area contributed by atoms with Crippen LogP contribution in [-0.2, 0) is 11.3 Å². The quantitative estimate of drug-likeness (QED) is 0.332. The maximum Gasteiger partial charge on any atom is 0.326 e. The standard InChI is InChI=1S/C28H27N7O4/c1-2-25(36)35-26(31-32-33-35)23-8-4-3-7-22(23)19-11-9-18(10-12-19)15-30-21-14-24(28(38)39)34(17-21)27(37)20-6-5-13-29-16-20/h3-13,16,21,24,30H,2,14-15,17H2,1H3,(H,38,39). The Morgan fingerprint density at radius 2 is 1.79 bits per heavy atom. The number of hydrogen-bond acceptors (Lipinski definition) is 8. The summed E-state index contributed by atoms with van der Waals surface area (Å²) in [5, 5.41) is 24.7. The Labute approximate surface area is 224 Å². The van der Waals surface area contributed by atoms with E-state index in [1.165, 1.54) is 15.8 Å². The van der Waals surface area contributed by atoms with Gasteiger partial charge in [0.1, 0.15) is 6.04 Å². The van der Waals surface area contributed by atoms with Crippen molar-refractivity contribution in [2.75, 3.05) is 6.54 Å². The second-order valence-corrected chi connectivity index (χ2v) is 9.27. The number of benzene rings is 2. The molecule has 5 rings (SSSR count). The number of likely N-dealkylation sites (tertiary alicyclic amines) is 1. The zero-order chi connectivity index (χ0) is 27.4. The molecule has 3 heterocycles. The molecule has 2 unspecified atom stereocenters. The van der Waals surface area contributed by atoms with Gasteiger partial charge in [-0.25, -0.2) is 4.79 Å². The first-order valence-electron chi connectivity index (χ1n) is 12.6. The Kier molecular flexibility index (Phi) is 7.50. The highest BCUT2D eigenvalue weighted by Crippen LogP contribution is 2.31. The molecule has 2 N–H and O–H groups in total. The van der Waals surface area contributed by atoms with Gasteiger partial charge in [-0.3, -0.25) is 14.6 Å². The van der Waals surface area contributed by atoms with Gasteiger partial charge in [-0.1, -0.05) is 55.5 Å². The third-order valence-corrected chi connectivity index (χ3v) is 6.79. The second kappa shape index (κ2) is 11.3. The van der Waals surface area contributed by atoms with Crippen LogP contribution in [0.4, 0.5) is 0 Å². The number of carbonyl (C=O) groups excluding carboxylic acids is 2. The molecule has 11 nitrogen and oxygen atoms in total. The molecular formula is C28H27N7O4. The summed E-state index contributed by atoms with van der Waals surface area (Å²) >= 11 is 0. The van der Waals surface area contributed by atoms with E-state index in [2.05, 4.69) is 25.8 Å². The predicted molar refractivity (Wildman–Crippen MR) is 142 cm³/mol. The molecule has 2 aromatic heterocycles. The normalized spacial score (nSPS) is 16.8. The van der Waals surface area contributed by atoms with Crippen LogP contribution < -0.4 is 5.32 Å². The van der Waals surface area contributed by atoms with Crippen LogP contribution in [0.2, 0.25) is 0 Å². The average molecular weight is 526 g/mol. The van der Waals surface area contributed by atoms with E-state index < -0.39 is 12.0 Å². The van der Waals surface area contributed by atoms with Crippen LogP contribution >= 0.6 is 0 Å². The number of nitrogens with zero attached hydrogens (tertiary/aromatic N) is 6. The first kappa shape index (κ1) is 25.9. The maximum absolute atomic E-state index is 12.9. The molecule has 1 aliphatic rings. The first-order chi connectivity index (χ1) is 19.0. The average Bonchev–Trinajstić information content (AvgIpc) is 3.64. The molecule has 1 amide bonds. The van der Waals surface area contributed by atoms with Crippen molar-refractivity contribution in [2.45, 2.75) is 38.4 Å². The largest absolute Gasteiger partial charge is 0.480 e. The predicted octanol–water partition coefficient (Wildman–Crippen LogP) is 2.91. The molecule has 11 heteroatoms. The number of rotatable bonds is 8. The second-order valence-electron chi connectivity index (χ2n) is 9.27. The molecule has 1 aliphatic heterocycles. The van der Waals surface area contributed by atoms with Crippen LogP contribution in [0.15, 0.2) is 73.1 Å². The van der Waals surface area contributed by atoms with Crippen LogP contribution in [0.5, 0.6) is 0 Å². The lowest BCUT2D eigenvalue weighted by atomic mass is 9.98. The molecule has 2 aromatic carbocycles. The molecule has 39 heavy (non-hydrogen) atoms. The molecule has 198 valence electrons. The van der Waals surface area contributed by atoms with Crippen molar-refractivity contribution in [3.8, 4) is 22.5 Å². The number of amides is 1. The lowest BCUT2D eigenvalue weighted by molar-refractivity contribution is -0.141. The molecule has 0 radical (unpaired) electrons. The molecular weight excluding hydrogens is 498 g/mol. The summed E-state index contributed by atoms with van der Waals surface area (Å²) in [5.74, 6) is -1.16. The lowest BCUT2D eigenvalue weighted by Crippen LogP contribution is -2.41. The van der Waals surface area contributed by atoms with E-state index in [0.29, 0.717) is 30.9 Å². The highest BCUT2D eigenvalue weighted by molar-refractivity contribution is 5.96. The van der Waals surface area contributed by atoms with Gasteiger partial charge in [-0.2, -0.15) is 4.68 Å². The van der Waals surface area contributed by atoms with Crippen molar-refractivity contribution in [2.24, 2.45) is 0 Å². The van der Waals surface area contributed by atoms with Crippen molar-refractivity contribution in [1.29, 1.82) is 0 Å². The van der Waals surface area contributed by atoms with Gasteiger partial charge in [0.2, 0.25) is 5.91 Å². The topological polar surface area (TPSA) is 143 Å². The molecule has 1 fully saturated rings. The minimum atomic E-state index is -1.02. The summed E-state index contributed by atoms with van der Waals surface area (Å²) in [6, 6.07) is 17.8. The number of tetrazole rings is 1. The van der Waals surface area contributed by atoms with Crippen LogP contribution in [0.1, 0.15) is 40.5 Å². The van der Waals surface area contributed by atoms with Crippen LogP contribution in [0.3, 0.4) is 0 Å². The van der Waals surface area contributed by atoms with Crippen LogP contribution in [0.25, 0.3) is 22.5 Å². The van der Waals surface area contributed by atoms with Crippen molar-refractivity contribution < 1.29 is 19.5 Å². The van der Waals surface area contributed by atoms with Gasteiger partial charge >= 0.3 is 5.97 Å². The number of carbonyl (C=O) groups is 3. The van der Waals surface area contributed by atoms with Crippen LogP contribution in [-0.4, -0.2) is 71.6 Å². The zero-order valence-electron chi connectivity index (χ0n) is 21.3. The third-order valence-electron chi connectivity index (χ3n) is 6.79. The molecule has 0 bridgehead atoms. The van der Waals surface area contributed by atoms with Gasteiger partial charge in [0, 0.05) is 43.5 Å². The van der Waals surface area contributed by atoms with Gasteiger partial charge in [0.05, 0.1) is 5.56 Å². The SMILES string of the molecule is CCC(=O)n1nnnc1-c1ccccc1-c1ccc(CNC2CC(C(=O)O)N(C(=O)c3cccnc3)C2)cc1. The zero-order valence-corrected chi connectivity index (χ0v) is 21.3. The maximum atomic E-state index is 12.9. The van der Waals surface area contributed by atoms with E-state index >= 15 is 0 Å². The number of aliphatic carboxylic acids is 1. The Bertz CT molecular complexity index is 1490. The molecule has 0 saturated carbocycles. The summed E-state index contributed by atoms with van der Waals surface area (Å²) < 4.78 is 1.23. The number of nitrogens with one attached hydrogen (secondary N) is 1. The minimum Gasteiger partial charge on any atom is -0.480 e. The van der Waals surface area contributed by atoms with E-state index in [1.807, 2.05) is 48.5 Å². The van der Waals surface area contributed by atoms with E-state index in [9.17, 15) is 19.5 Å². The Balaban J connectivity index is 1.28. The van der Waals surface area contributed by atoms with E-state index in [1.54, 1.807) is 25.3 Å². The van der Waals surface area contributed by atoms with E-state index in [4.69, 9.17) is 0 Å². The van der Waals surface area contributed by atoms with Crippen LogP contribution in [0, 0.1) is 0 Å². The number of carboxylic acids is 1. The van der Waals surface area contributed by atoms with E-state index in [-0.39, 0.29) is 24.3 Å². The minimum absolute atomic E-state index is 0.165. The van der Waals surface area contributed by atoms with Gasteiger partial charge in [0.15, 0.2) is 5.82 Å². The summed E-state index contributed by atoms with van der Waals surface area (Å²) in [4.78, 5) is 42.4. The summed E-state index contributed by atoms with van der Waals surface area (Å²) in [6.07, 6.45) is 3.62. The number of carboxylic acid groups (broad SMARTS) is 1. The Morgan fingerprint density at radius 1 is 1.03 bits per heavy atom. The van der Waals surface area contributed by atoms with Gasteiger partial charge in [-0.15, -0.1) is 5.10 Å². The smallest absolute Gasteiger partial charge is 0.326 e. The van der Waals surface area contributed by atoms with Crippen molar-refractivity contribution in [3.05, 3.63) is 84.2 Å². The highest BCUT2D eigenvalue weighted by atomic mass is 16.4. The Hall–Kier alpha value is -4.77. The molecule has 0 aliphatic carbocycles. The fourth-order valence-corrected chi connectivity index (χ4v) is 4.76. The first-order valence-corrected chi connectivity index (χ1v) is 12.6. The van der Waals surface area contributed by atoms with Crippen molar-refractivity contribution >= 4 is 17.8 Å². The summed E-state index contributed by atoms with van der Waals surface area (Å²) in [5.41, 5.74) is 3.95. The van der Waals surface area contributed by atoms with Crippen molar-refractivity contribution in [3.63, 3.8) is 0 Å². The fraction of sp³-hybridized carbons (Fsp3) is 0.250. The third kappa shape index (κ3) is 5.43. The highest BCUT2D eigenvalue weighted by Gasteiger charge is 2.39. The molecule has 4 aromatic rings. The number of hydrogen-bond donors (Lipinski definition) is 2. The molecule has 1 saturated heterocycles. The fourth-order valence-electron chi connectivity index (χ4n) is 4.76.